The van der Waals surface area contributed by atoms with Crippen molar-refractivity contribution in [2.24, 2.45) is 11.7 Å². The van der Waals surface area contributed by atoms with Gasteiger partial charge < -0.3 is 15.4 Å². The Morgan fingerprint density at radius 3 is 2.59 bits per heavy atom. The maximum atomic E-state index is 12.2. The van der Waals surface area contributed by atoms with Crippen LogP contribution in [-0.2, 0) is 4.74 Å². The molecule has 4 heteroatoms. The van der Waals surface area contributed by atoms with E-state index in [0.717, 1.165) is 19.3 Å². The highest BCUT2D eigenvalue weighted by atomic mass is 16.6. The molecule has 2 heterocycles. The molecule has 17 heavy (non-hydrogen) atoms. The Hall–Kier alpha value is -0.770. The zero-order valence-electron chi connectivity index (χ0n) is 11.3. The fraction of sp³-hybridized carbons (Fsp3) is 0.923. The van der Waals surface area contributed by atoms with Gasteiger partial charge in [0, 0.05) is 18.1 Å². The molecular formula is C13H24N2O2. The SMILES string of the molecule is C[C@@H]1[C@H](N)C[C@H]2CC[C@H]1N2C(=O)OC(C)(C)C. The molecule has 2 N–H and O–H groups in total. The first-order chi connectivity index (χ1) is 7.79. The number of hydrogen-bond acceptors (Lipinski definition) is 3. The summed E-state index contributed by atoms with van der Waals surface area (Å²) >= 11 is 0. The van der Waals surface area contributed by atoms with Crippen LogP contribution in [0.3, 0.4) is 0 Å². The average Bonchev–Trinajstić information content (AvgIpc) is 2.51. The predicted octanol–water partition coefficient (Wildman–Crippen LogP) is 2.12. The van der Waals surface area contributed by atoms with Gasteiger partial charge in [-0.15, -0.1) is 0 Å². The van der Waals surface area contributed by atoms with Crippen LogP contribution in [0.15, 0.2) is 0 Å². The fourth-order valence-corrected chi connectivity index (χ4v) is 3.07. The first-order valence-electron chi connectivity index (χ1n) is 6.56. The van der Waals surface area contributed by atoms with Crippen LogP contribution >= 0.6 is 0 Å². The quantitative estimate of drug-likeness (QED) is 0.705. The van der Waals surface area contributed by atoms with E-state index in [4.69, 9.17) is 10.5 Å². The molecule has 2 fully saturated rings. The van der Waals surface area contributed by atoms with Crippen LogP contribution in [0.25, 0.3) is 0 Å². The van der Waals surface area contributed by atoms with E-state index in [1.54, 1.807) is 0 Å². The van der Waals surface area contributed by atoms with E-state index in [1.807, 2.05) is 25.7 Å². The molecular weight excluding hydrogens is 216 g/mol. The molecule has 2 bridgehead atoms. The summed E-state index contributed by atoms with van der Waals surface area (Å²) in [5.74, 6) is 0.376. The third-order valence-electron chi connectivity index (χ3n) is 3.98. The second-order valence-electron chi connectivity index (χ2n) is 6.44. The Kier molecular flexibility index (Phi) is 3.10. The summed E-state index contributed by atoms with van der Waals surface area (Å²) in [6.07, 6.45) is 2.89. The Morgan fingerprint density at radius 1 is 1.35 bits per heavy atom. The highest BCUT2D eigenvalue weighted by molar-refractivity contribution is 5.69. The third kappa shape index (κ3) is 2.41. The molecule has 2 aliphatic heterocycles. The van der Waals surface area contributed by atoms with Crippen LogP contribution in [0.5, 0.6) is 0 Å². The van der Waals surface area contributed by atoms with Crippen molar-refractivity contribution >= 4 is 6.09 Å². The zero-order chi connectivity index (χ0) is 12.8. The van der Waals surface area contributed by atoms with Crippen LogP contribution in [0.1, 0.15) is 47.0 Å². The van der Waals surface area contributed by atoms with Crippen LogP contribution in [-0.4, -0.2) is 34.7 Å². The Bertz CT molecular complexity index is 311. The van der Waals surface area contributed by atoms with E-state index < -0.39 is 5.60 Å². The number of piperidine rings is 1. The minimum absolute atomic E-state index is 0.163. The average molecular weight is 240 g/mol. The van der Waals surface area contributed by atoms with E-state index >= 15 is 0 Å². The van der Waals surface area contributed by atoms with Crippen molar-refractivity contribution in [2.45, 2.75) is 70.7 Å². The summed E-state index contributed by atoms with van der Waals surface area (Å²) in [6, 6.07) is 0.797. The Balaban J connectivity index is 2.10. The standard InChI is InChI=1S/C13H24N2O2/c1-8-10(14)7-9-5-6-11(8)15(9)12(16)17-13(2,3)4/h8-11H,5-7,14H2,1-4H3/t8-,9-,10-,11-/m1/s1. The van der Waals surface area contributed by atoms with Crippen molar-refractivity contribution in [1.29, 1.82) is 0 Å². The maximum Gasteiger partial charge on any atom is 0.410 e. The summed E-state index contributed by atoms with van der Waals surface area (Å²) in [5, 5.41) is 0. The molecule has 4 atom stereocenters. The van der Waals surface area contributed by atoms with Gasteiger partial charge in [-0.2, -0.15) is 0 Å². The second-order valence-corrected chi connectivity index (χ2v) is 6.44. The van der Waals surface area contributed by atoms with Gasteiger partial charge in [0.15, 0.2) is 0 Å². The van der Waals surface area contributed by atoms with Gasteiger partial charge in [0.25, 0.3) is 0 Å². The number of fused-ring (bicyclic) bond motifs is 2. The normalized spacial score (nSPS) is 37.1. The van der Waals surface area contributed by atoms with Crippen molar-refractivity contribution in [3.63, 3.8) is 0 Å². The first kappa shape index (κ1) is 12.7. The van der Waals surface area contributed by atoms with Crippen LogP contribution in [0, 0.1) is 5.92 Å². The minimum atomic E-state index is -0.417. The van der Waals surface area contributed by atoms with Crippen LogP contribution in [0.2, 0.25) is 0 Å². The van der Waals surface area contributed by atoms with Crippen molar-refractivity contribution in [2.75, 3.05) is 0 Å². The van der Waals surface area contributed by atoms with E-state index in [2.05, 4.69) is 6.92 Å². The summed E-state index contributed by atoms with van der Waals surface area (Å²) < 4.78 is 5.49. The fourth-order valence-electron chi connectivity index (χ4n) is 3.07. The summed E-state index contributed by atoms with van der Waals surface area (Å²) in [5.41, 5.74) is 5.69. The molecule has 0 unspecified atom stereocenters. The highest BCUT2D eigenvalue weighted by Crippen LogP contribution is 2.39. The van der Waals surface area contributed by atoms with Gasteiger partial charge >= 0.3 is 6.09 Å². The third-order valence-corrected chi connectivity index (χ3v) is 3.98. The lowest BCUT2D eigenvalue weighted by atomic mass is 9.88. The lowest BCUT2D eigenvalue weighted by molar-refractivity contribution is -0.00265. The molecule has 2 aliphatic rings. The number of carbonyl (C=O) groups excluding carboxylic acids is 1. The second kappa shape index (κ2) is 4.16. The maximum absolute atomic E-state index is 12.2. The van der Waals surface area contributed by atoms with Gasteiger partial charge in [-0.3, -0.25) is 0 Å². The smallest absolute Gasteiger partial charge is 0.410 e. The van der Waals surface area contributed by atoms with Crippen LogP contribution < -0.4 is 5.73 Å². The largest absolute Gasteiger partial charge is 0.444 e. The van der Waals surface area contributed by atoms with E-state index in [-0.39, 0.29) is 18.2 Å². The van der Waals surface area contributed by atoms with E-state index in [0.29, 0.717) is 12.0 Å². The highest BCUT2D eigenvalue weighted by Gasteiger charge is 2.47. The van der Waals surface area contributed by atoms with E-state index in [1.165, 1.54) is 0 Å². The molecule has 0 aromatic rings. The monoisotopic (exact) mass is 240 g/mol. The number of amides is 1. The molecule has 0 spiro atoms. The van der Waals surface area contributed by atoms with Crippen molar-refractivity contribution in [1.82, 2.24) is 4.90 Å². The summed E-state index contributed by atoms with van der Waals surface area (Å²) in [7, 11) is 0. The zero-order valence-corrected chi connectivity index (χ0v) is 11.3. The molecule has 0 aromatic carbocycles. The first-order valence-corrected chi connectivity index (χ1v) is 6.56. The number of carbonyl (C=O) groups is 1. The number of hydrogen-bond donors (Lipinski definition) is 1. The molecule has 0 aromatic heterocycles. The lowest BCUT2D eigenvalue weighted by Crippen LogP contribution is -2.55. The molecule has 0 aliphatic carbocycles. The lowest BCUT2D eigenvalue weighted by Gasteiger charge is -2.42. The molecule has 0 saturated carbocycles. The Labute approximate surface area is 103 Å². The number of ether oxygens (including phenoxy) is 1. The summed E-state index contributed by atoms with van der Waals surface area (Å²) in [4.78, 5) is 14.1. The van der Waals surface area contributed by atoms with Gasteiger partial charge in [-0.1, -0.05) is 6.92 Å². The van der Waals surface area contributed by atoms with Crippen molar-refractivity contribution in [3.05, 3.63) is 0 Å². The van der Waals surface area contributed by atoms with Gasteiger partial charge in [0.2, 0.25) is 0 Å². The molecule has 2 saturated heterocycles. The topological polar surface area (TPSA) is 55.6 Å². The molecule has 2 rings (SSSR count). The molecule has 98 valence electrons. The van der Waals surface area contributed by atoms with Crippen LogP contribution in [0.4, 0.5) is 4.79 Å². The molecule has 0 radical (unpaired) electrons. The Morgan fingerprint density at radius 2 is 2.00 bits per heavy atom. The number of rotatable bonds is 0. The van der Waals surface area contributed by atoms with Gasteiger partial charge in [0.05, 0.1) is 0 Å². The van der Waals surface area contributed by atoms with E-state index in [9.17, 15) is 4.79 Å². The predicted molar refractivity (Wildman–Crippen MR) is 66.6 cm³/mol. The van der Waals surface area contributed by atoms with Gasteiger partial charge in [-0.25, -0.2) is 4.79 Å². The number of nitrogens with zero attached hydrogens (tertiary/aromatic N) is 1. The molecule has 4 nitrogen and oxygen atoms in total. The van der Waals surface area contributed by atoms with Crippen molar-refractivity contribution in [3.8, 4) is 0 Å². The minimum Gasteiger partial charge on any atom is -0.444 e. The summed E-state index contributed by atoms with van der Waals surface area (Å²) in [6.45, 7) is 7.87. The number of nitrogens with two attached hydrogens (primary N) is 1. The molecule has 1 amide bonds. The van der Waals surface area contributed by atoms with Gasteiger partial charge in [0.1, 0.15) is 5.60 Å². The van der Waals surface area contributed by atoms with Crippen molar-refractivity contribution < 1.29 is 9.53 Å². The van der Waals surface area contributed by atoms with Gasteiger partial charge in [-0.05, 0) is 46.0 Å².